The van der Waals surface area contributed by atoms with Crippen molar-refractivity contribution >= 4 is 23.2 Å². The molecule has 6 nitrogen and oxygen atoms in total. The van der Waals surface area contributed by atoms with Crippen LogP contribution in [0.4, 0.5) is 5.69 Å². The van der Waals surface area contributed by atoms with E-state index in [0.717, 1.165) is 29.0 Å². The Balaban J connectivity index is 1.41. The highest BCUT2D eigenvalue weighted by Gasteiger charge is 2.25. The molecule has 4 rings (SSSR count). The fraction of sp³-hybridized carbons (Fsp3) is 0.250. The molecule has 1 amide bonds. The molecule has 2 aromatic carbocycles. The van der Waals surface area contributed by atoms with Crippen LogP contribution in [-0.2, 0) is 17.6 Å². The summed E-state index contributed by atoms with van der Waals surface area (Å²) in [6, 6.07) is 13.1. The molecular weight excluding hydrogens is 366 g/mol. The molecule has 0 fully saturated rings. The third-order valence-electron chi connectivity index (χ3n) is 4.59. The number of aromatic nitrogens is 2. The van der Waals surface area contributed by atoms with Gasteiger partial charge in [-0.25, -0.2) is 0 Å². The Kier molecular flexibility index (Phi) is 4.81. The Morgan fingerprint density at radius 1 is 1.30 bits per heavy atom. The molecule has 0 saturated heterocycles. The van der Waals surface area contributed by atoms with E-state index in [2.05, 4.69) is 10.1 Å². The van der Waals surface area contributed by atoms with E-state index in [1.807, 2.05) is 42.5 Å². The third kappa shape index (κ3) is 3.66. The number of carbonyl (C=O) groups is 1. The molecule has 0 bridgehead atoms. The highest BCUT2D eigenvalue weighted by molar-refractivity contribution is 6.30. The standard InChI is InChI=1S/C20H18ClN3O3/c1-26-16-4-2-3-14(12-16)20-22-18(27-23-20)7-8-19(25)24-10-9-13-11-15(21)5-6-17(13)24/h2-6,11-12H,7-10H2,1H3. The molecule has 0 atom stereocenters. The van der Waals surface area contributed by atoms with Crippen molar-refractivity contribution in [1.29, 1.82) is 0 Å². The zero-order valence-corrected chi connectivity index (χ0v) is 15.6. The van der Waals surface area contributed by atoms with Gasteiger partial charge in [-0.05, 0) is 42.3 Å². The summed E-state index contributed by atoms with van der Waals surface area (Å²) in [7, 11) is 1.61. The Morgan fingerprint density at radius 2 is 2.19 bits per heavy atom. The largest absolute Gasteiger partial charge is 0.497 e. The van der Waals surface area contributed by atoms with Gasteiger partial charge < -0.3 is 14.2 Å². The van der Waals surface area contributed by atoms with Crippen molar-refractivity contribution in [2.24, 2.45) is 0 Å². The molecule has 3 aromatic rings. The van der Waals surface area contributed by atoms with Crippen molar-refractivity contribution in [1.82, 2.24) is 10.1 Å². The molecule has 27 heavy (non-hydrogen) atoms. The first kappa shape index (κ1) is 17.5. The second-order valence-corrected chi connectivity index (χ2v) is 6.75. The van der Waals surface area contributed by atoms with Gasteiger partial charge in [0.15, 0.2) is 0 Å². The lowest BCUT2D eigenvalue weighted by molar-refractivity contribution is -0.118. The Morgan fingerprint density at radius 3 is 3.04 bits per heavy atom. The predicted molar refractivity (Wildman–Crippen MR) is 102 cm³/mol. The minimum atomic E-state index is 0.0391. The van der Waals surface area contributed by atoms with Crippen molar-refractivity contribution in [2.75, 3.05) is 18.6 Å². The van der Waals surface area contributed by atoms with Gasteiger partial charge in [0, 0.05) is 35.7 Å². The Labute approximate surface area is 161 Å². The van der Waals surface area contributed by atoms with Crippen LogP contribution in [0.2, 0.25) is 5.02 Å². The summed E-state index contributed by atoms with van der Waals surface area (Å²) in [5, 5.41) is 4.70. The van der Waals surface area contributed by atoms with E-state index >= 15 is 0 Å². The van der Waals surface area contributed by atoms with Crippen LogP contribution in [0.15, 0.2) is 47.0 Å². The van der Waals surface area contributed by atoms with Gasteiger partial charge >= 0.3 is 0 Å². The van der Waals surface area contributed by atoms with E-state index in [-0.39, 0.29) is 5.91 Å². The second kappa shape index (κ2) is 7.40. The number of ether oxygens (including phenoxy) is 1. The van der Waals surface area contributed by atoms with Gasteiger partial charge in [-0.15, -0.1) is 0 Å². The lowest BCUT2D eigenvalue weighted by atomic mass is 10.2. The molecule has 7 heteroatoms. The van der Waals surface area contributed by atoms with Gasteiger partial charge in [-0.2, -0.15) is 4.98 Å². The number of fused-ring (bicyclic) bond motifs is 1. The lowest BCUT2D eigenvalue weighted by Crippen LogP contribution is -2.29. The number of carbonyl (C=O) groups excluding carboxylic acids is 1. The number of hydrogen-bond donors (Lipinski definition) is 0. The number of hydrogen-bond acceptors (Lipinski definition) is 5. The number of nitrogens with zero attached hydrogens (tertiary/aromatic N) is 3. The van der Waals surface area contributed by atoms with Gasteiger partial charge in [0.05, 0.1) is 7.11 Å². The summed E-state index contributed by atoms with van der Waals surface area (Å²) in [5.41, 5.74) is 2.85. The smallest absolute Gasteiger partial charge is 0.227 e. The zero-order valence-electron chi connectivity index (χ0n) is 14.8. The van der Waals surface area contributed by atoms with Gasteiger partial charge in [0.25, 0.3) is 0 Å². The van der Waals surface area contributed by atoms with E-state index in [9.17, 15) is 4.79 Å². The summed E-state index contributed by atoms with van der Waals surface area (Å²) < 4.78 is 10.5. The van der Waals surface area contributed by atoms with E-state index in [1.165, 1.54) is 0 Å². The van der Waals surface area contributed by atoms with Crippen LogP contribution in [0.3, 0.4) is 0 Å². The maximum absolute atomic E-state index is 12.6. The monoisotopic (exact) mass is 383 g/mol. The molecule has 0 unspecified atom stereocenters. The molecule has 0 spiro atoms. The van der Waals surface area contributed by atoms with Crippen LogP contribution in [0.5, 0.6) is 5.75 Å². The molecule has 0 N–H and O–H groups in total. The van der Waals surface area contributed by atoms with Crippen molar-refractivity contribution < 1.29 is 14.1 Å². The highest BCUT2D eigenvalue weighted by atomic mass is 35.5. The average molecular weight is 384 g/mol. The first-order valence-corrected chi connectivity index (χ1v) is 9.07. The van der Waals surface area contributed by atoms with Gasteiger partial charge in [-0.3, -0.25) is 4.79 Å². The molecule has 0 saturated carbocycles. The van der Waals surface area contributed by atoms with Crippen molar-refractivity contribution in [3.8, 4) is 17.1 Å². The molecule has 138 valence electrons. The Hall–Kier alpha value is -2.86. The van der Waals surface area contributed by atoms with E-state index in [1.54, 1.807) is 12.0 Å². The van der Waals surface area contributed by atoms with Crippen LogP contribution < -0.4 is 9.64 Å². The van der Waals surface area contributed by atoms with Crippen LogP contribution in [-0.4, -0.2) is 29.7 Å². The quantitative estimate of drug-likeness (QED) is 0.668. The van der Waals surface area contributed by atoms with E-state index in [4.69, 9.17) is 20.9 Å². The molecule has 0 radical (unpaired) electrons. The van der Waals surface area contributed by atoms with E-state index < -0.39 is 0 Å². The number of rotatable bonds is 5. The average Bonchev–Trinajstić information content (AvgIpc) is 3.33. The topological polar surface area (TPSA) is 68.5 Å². The zero-order chi connectivity index (χ0) is 18.8. The lowest BCUT2D eigenvalue weighted by Gasteiger charge is -2.16. The fourth-order valence-electron chi connectivity index (χ4n) is 3.21. The summed E-state index contributed by atoms with van der Waals surface area (Å²) >= 11 is 6.02. The number of benzene rings is 2. The molecule has 1 aliphatic rings. The van der Waals surface area contributed by atoms with Crippen LogP contribution >= 0.6 is 11.6 Å². The summed E-state index contributed by atoms with van der Waals surface area (Å²) in [5.74, 6) is 1.69. The number of amides is 1. The third-order valence-corrected chi connectivity index (χ3v) is 4.82. The SMILES string of the molecule is COc1cccc(-c2noc(CCC(=O)N3CCc4cc(Cl)ccc43)n2)c1. The maximum Gasteiger partial charge on any atom is 0.227 e. The van der Waals surface area contributed by atoms with Gasteiger partial charge in [-0.1, -0.05) is 28.9 Å². The minimum Gasteiger partial charge on any atom is -0.497 e. The molecule has 1 aliphatic heterocycles. The number of methoxy groups -OCH3 is 1. The fourth-order valence-corrected chi connectivity index (χ4v) is 3.41. The van der Waals surface area contributed by atoms with Gasteiger partial charge in [0.1, 0.15) is 5.75 Å². The highest BCUT2D eigenvalue weighted by Crippen LogP contribution is 2.31. The summed E-state index contributed by atoms with van der Waals surface area (Å²) in [6.45, 7) is 0.674. The van der Waals surface area contributed by atoms with Crippen molar-refractivity contribution in [3.05, 3.63) is 58.9 Å². The Bertz CT molecular complexity index is 986. The van der Waals surface area contributed by atoms with Crippen LogP contribution in [0, 0.1) is 0 Å². The minimum absolute atomic E-state index is 0.0391. The maximum atomic E-state index is 12.6. The van der Waals surface area contributed by atoms with Gasteiger partial charge in [0.2, 0.25) is 17.6 Å². The predicted octanol–water partition coefficient (Wildman–Crippen LogP) is 3.92. The van der Waals surface area contributed by atoms with E-state index in [0.29, 0.717) is 36.1 Å². The molecular formula is C20H18ClN3O3. The number of halogens is 1. The van der Waals surface area contributed by atoms with Crippen LogP contribution in [0.1, 0.15) is 17.9 Å². The molecule has 0 aliphatic carbocycles. The summed E-state index contributed by atoms with van der Waals surface area (Å²) in [4.78, 5) is 18.8. The first-order valence-electron chi connectivity index (χ1n) is 8.70. The molecule has 1 aromatic heterocycles. The van der Waals surface area contributed by atoms with Crippen LogP contribution in [0.25, 0.3) is 11.4 Å². The second-order valence-electron chi connectivity index (χ2n) is 6.31. The van der Waals surface area contributed by atoms with Crippen molar-refractivity contribution in [2.45, 2.75) is 19.3 Å². The number of anilines is 1. The van der Waals surface area contributed by atoms with Crippen molar-refractivity contribution in [3.63, 3.8) is 0 Å². The molecule has 2 heterocycles. The first-order chi connectivity index (χ1) is 13.1. The number of aryl methyl sites for hydroxylation is 1. The summed E-state index contributed by atoms with van der Waals surface area (Å²) in [6.07, 6.45) is 1.53. The normalized spacial score (nSPS) is 12.9.